The molecule has 1 saturated carbocycles. The van der Waals surface area contributed by atoms with E-state index in [1.807, 2.05) is 30.3 Å². The molecule has 2 fully saturated rings. The number of likely N-dealkylation sites (N-methyl/N-ethyl adjacent to an activating group) is 1. The molecule has 25 heavy (non-hydrogen) atoms. The Balaban J connectivity index is 0.00000225. The van der Waals surface area contributed by atoms with Crippen molar-refractivity contribution >= 4 is 18.4 Å². The number of carbonyl (C=O) groups excluding carboxylic acids is 1. The van der Waals surface area contributed by atoms with Crippen molar-refractivity contribution in [3.05, 3.63) is 35.9 Å². The zero-order valence-corrected chi connectivity index (χ0v) is 15.8. The van der Waals surface area contributed by atoms with Crippen molar-refractivity contribution in [3.63, 3.8) is 0 Å². The Morgan fingerprint density at radius 2 is 1.88 bits per heavy atom. The van der Waals surface area contributed by atoms with Gasteiger partial charge in [0, 0.05) is 12.0 Å². The molecule has 140 valence electrons. The summed E-state index contributed by atoms with van der Waals surface area (Å²) in [4.78, 5) is 15.3. The Labute approximate surface area is 157 Å². The number of ether oxygens (including phenoxy) is 1. The Morgan fingerprint density at radius 1 is 1.20 bits per heavy atom. The number of hydrogen-bond acceptors (Lipinski definition) is 4. The van der Waals surface area contributed by atoms with Crippen molar-refractivity contribution < 1.29 is 14.6 Å². The Hall–Kier alpha value is -1.10. The lowest BCUT2D eigenvalue weighted by molar-refractivity contribution is -0.175. The molecule has 4 nitrogen and oxygen atoms in total. The van der Waals surface area contributed by atoms with Gasteiger partial charge in [-0.2, -0.15) is 0 Å². The summed E-state index contributed by atoms with van der Waals surface area (Å²) in [6.07, 6.45) is 6.12. The van der Waals surface area contributed by atoms with E-state index in [1.165, 1.54) is 0 Å². The van der Waals surface area contributed by atoms with Crippen molar-refractivity contribution in [3.8, 4) is 0 Å². The Bertz CT molecular complexity index is 547. The minimum absolute atomic E-state index is 0. The molecular weight excluding hydrogens is 338 g/mol. The quantitative estimate of drug-likeness (QED) is 0.781. The lowest BCUT2D eigenvalue weighted by Gasteiger charge is -2.33. The average Bonchev–Trinajstić information content (AvgIpc) is 3.31. The van der Waals surface area contributed by atoms with E-state index in [0.29, 0.717) is 18.2 Å². The van der Waals surface area contributed by atoms with E-state index in [1.54, 1.807) is 0 Å². The highest BCUT2D eigenvalue weighted by atomic mass is 35.5. The first-order valence-electron chi connectivity index (χ1n) is 9.35. The van der Waals surface area contributed by atoms with Gasteiger partial charge in [-0.05, 0) is 44.3 Å². The van der Waals surface area contributed by atoms with Crippen LogP contribution in [-0.2, 0) is 15.1 Å². The van der Waals surface area contributed by atoms with E-state index in [9.17, 15) is 9.90 Å². The highest BCUT2D eigenvalue weighted by Crippen LogP contribution is 2.41. The molecule has 0 bridgehead atoms. The van der Waals surface area contributed by atoms with Crippen LogP contribution in [0.4, 0.5) is 0 Å². The molecule has 0 spiro atoms. The summed E-state index contributed by atoms with van der Waals surface area (Å²) in [6.45, 7) is 4.58. The zero-order chi connectivity index (χ0) is 17.0. The van der Waals surface area contributed by atoms with Gasteiger partial charge in [-0.25, -0.2) is 4.79 Å². The van der Waals surface area contributed by atoms with Crippen LogP contribution in [0.1, 0.15) is 51.0 Å². The number of hydrogen-bond donors (Lipinski definition) is 1. The zero-order valence-electron chi connectivity index (χ0n) is 15.0. The number of rotatable bonds is 6. The van der Waals surface area contributed by atoms with Gasteiger partial charge in [0.15, 0.2) is 5.60 Å². The van der Waals surface area contributed by atoms with E-state index in [2.05, 4.69) is 11.8 Å². The molecule has 1 aliphatic carbocycles. The van der Waals surface area contributed by atoms with Crippen molar-refractivity contribution in [2.75, 3.05) is 19.7 Å². The maximum Gasteiger partial charge on any atom is 0.343 e. The molecule has 3 rings (SSSR count). The van der Waals surface area contributed by atoms with Crippen molar-refractivity contribution in [1.29, 1.82) is 0 Å². The van der Waals surface area contributed by atoms with Crippen LogP contribution in [0.3, 0.4) is 0 Å². The molecule has 0 aromatic heterocycles. The molecule has 0 amide bonds. The predicted octanol–water partition coefficient (Wildman–Crippen LogP) is 3.51. The van der Waals surface area contributed by atoms with E-state index in [4.69, 9.17) is 4.74 Å². The van der Waals surface area contributed by atoms with Crippen LogP contribution in [-0.4, -0.2) is 41.7 Å². The fourth-order valence-corrected chi connectivity index (χ4v) is 4.34. The minimum Gasteiger partial charge on any atom is -0.462 e. The molecule has 1 heterocycles. The Kier molecular flexibility index (Phi) is 7.29. The maximum atomic E-state index is 12.9. The molecule has 1 saturated heterocycles. The molecule has 1 aromatic rings. The van der Waals surface area contributed by atoms with E-state index in [0.717, 1.165) is 51.6 Å². The van der Waals surface area contributed by atoms with Crippen LogP contribution in [0.5, 0.6) is 0 Å². The van der Waals surface area contributed by atoms with Crippen LogP contribution in [0, 0.1) is 5.92 Å². The number of carbonyl (C=O) groups is 1. The van der Waals surface area contributed by atoms with Gasteiger partial charge >= 0.3 is 5.97 Å². The third-order valence-electron chi connectivity index (χ3n) is 5.78. The monoisotopic (exact) mass is 367 g/mol. The maximum absolute atomic E-state index is 12.9. The van der Waals surface area contributed by atoms with Gasteiger partial charge < -0.3 is 9.84 Å². The first kappa shape index (κ1) is 20.2. The second kappa shape index (κ2) is 9.02. The molecule has 1 aromatic carbocycles. The number of benzene rings is 1. The van der Waals surface area contributed by atoms with Gasteiger partial charge in [0.05, 0.1) is 0 Å². The van der Waals surface area contributed by atoms with Gasteiger partial charge in [-0.3, -0.25) is 4.90 Å². The standard InChI is InChI=1S/C20H29NO3.ClH/c1-2-21-14-8-13-18(21)15-24-19(22)20(23,17-11-6-7-12-17)16-9-4-3-5-10-16;/h3-5,9-10,17-18,23H,2,6-8,11-15H2,1H3;1H. The van der Waals surface area contributed by atoms with Crippen molar-refractivity contribution in [2.24, 2.45) is 5.92 Å². The van der Waals surface area contributed by atoms with E-state index >= 15 is 0 Å². The molecule has 1 N–H and O–H groups in total. The number of nitrogens with zero attached hydrogens (tertiary/aromatic N) is 1. The number of likely N-dealkylation sites (tertiary alicyclic amines) is 1. The SMILES string of the molecule is CCN1CCCC1COC(=O)C(O)(c1ccccc1)C1CCCC1.Cl. The van der Waals surface area contributed by atoms with Crippen LogP contribution in [0.15, 0.2) is 30.3 Å². The minimum atomic E-state index is -1.51. The summed E-state index contributed by atoms with van der Waals surface area (Å²) in [5.74, 6) is -0.512. The summed E-state index contributed by atoms with van der Waals surface area (Å²) in [5, 5.41) is 11.4. The van der Waals surface area contributed by atoms with Gasteiger partial charge in [-0.1, -0.05) is 50.1 Å². The predicted molar refractivity (Wildman–Crippen MR) is 101 cm³/mol. The van der Waals surface area contributed by atoms with Crippen LogP contribution in [0.25, 0.3) is 0 Å². The van der Waals surface area contributed by atoms with E-state index in [-0.39, 0.29) is 18.3 Å². The smallest absolute Gasteiger partial charge is 0.343 e. The fourth-order valence-electron chi connectivity index (χ4n) is 4.34. The van der Waals surface area contributed by atoms with Gasteiger partial charge in [0.2, 0.25) is 0 Å². The molecule has 1 aliphatic heterocycles. The fraction of sp³-hybridized carbons (Fsp3) is 0.650. The molecule has 2 aliphatic rings. The highest BCUT2D eigenvalue weighted by molar-refractivity contribution is 5.85. The molecular formula is C20H30ClNO3. The molecule has 2 atom stereocenters. The van der Waals surface area contributed by atoms with Crippen LogP contribution in [0.2, 0.25) is 0 Å². The normalized spacial score (nSPS) is 23.8. The molecule has 0 radical (unpaired) electrons. The van der Waals surface area contributed by atoms with Crippen LogP contribution < -0.4 is 0 Å². The summed E-state index contributed by atoms with van der Waals surface area (Å²) in [7, 11) is 0. The summed E-state index contributed by atoms with van der Waals surface area (Å²) < 4.78 is 5.66. The van der Waals surface area contributed by atoms with E-state index < -0.39 is 11.6 Å². The number of esters is 1. The summed E-state index contributed by atoms with van der Waals surface area (Å²) in [6, 6.07) is 9.63. The lowest BCUT2D eigenvalue weighted by atomic mass is 9.80. The second-order valence-electron chi connectivity index (χ2n) is 7.14. The number of aliphatic hydroxyl groups is 1. The topological polar surface area (TPSA) is 49.8 Å². The first-order chi connectivity index (χ1) is 11.7. The number of halogens is 1. The third-order valence-corrected chi connectivity index (χ3v) is 5.78. The van der Waals surface area contributed by atoms with Gasteiger partial charge in [-0.15, -0.1) is 12.4 Å². The van der Waals surface area contributed by atoms with Gasteiger partial charge in [0.1, 0.15) is 6.61 Å². The molecule has 2 unspecified atom stereocenters. The molecule has 5 heteroatoms. The van der Waals surface area contributed by atoms with Gasteiger partial charge in [0.25, 0.3) is 0 Å². The summed E-state index contributed by atoms with van der Waals surface area (Å²) >= 11 is 0. The lowest BCUT2D eigenvalue weighted by Crippen LogP contribution is -2.45. The van der Waals surface area contributed by atoms with Crippen LogP contribution >= 0.6 is 12.4 Å². The summed E-state index contributed by atoms with van der Waals surface area (Å²) in [5.41, 5.74) is -0.839. The van der Waals surface area contributed by atoms with Crippen molar-refractivity contribution in [1.82, 2.24) is 4.90 Å². The third kappa shape index (κ3) is 4.18. The highest BCUT2D eigenvalue weighted by Gasteiger charge is 2.48. The average molecular weight is 368 g/mol. The Morgan fingerprint density at radius 3 is 2.52 bits per heavy atom. The second-order valence-corrected chi connectivity index (χ2v) is 7.14. The largest absolute Gasteiger partial charge is 0.462 e. The first-order valence-corrected chi connectivity index (χ1v) is 9.35. The van der Waals surface area contributed by atoms with Crippen molar-refractivity contribution in [2.45, 2.75) is 57.1 Å².